The quantitative estimate of drug-likeness (QED) is 0.748. The fourth-order valence-electron chi connectivity index (χ4n) is 3.67. The molecule has 2 aromatic carbocycles. The molecule has 1 aliphatic heterocycles. The molecule has 0 aromatic heterocycles. The molecule has 3 unspecified atom stereocenters. The smallest absolute Gasteiger partial charge is 0.249 e. The van der Waals surface area contributed by atoms with Crippen LogP contribution < -0.4 is 0 Å². The molecule has 1 heterocycles. The van der Waals surface area contributed by atoms with Crippen LogP contribution >= 0.6 is 23.2 Å². The summed E-state index contributed by atoms with van der Waals surface area (Å²) in [7, 11) is 0. The standard InChI is InChI=1S/C21H23Cl2NO3/c1-2-4-18(12-25)24-19(26)13-27-21(15-5-3-6-17(23)11-15)20(24)14-7-9-16(22)10-8-14/h3,5-11,18,20-21,25H,2,4,12-13H2,1H3. The summed E-state index contributed by atoms with van der Waals surface area (Å²) in [5.74, 6) is -0.124. The molecule has 3 rings (SSSR count). The highest BCUT2D eigenvalue weighted by Crippen LogP contribution is 2.42. The van der Waals surface area contributed by atoms with Gasteiger partial charge in [0.1, 0.15) is 12.7 Å². The van der Waals surface area contributed by atoms with E-state index in [4.69, 9.17) is 27.9 Å². The van der Waals surface area contributed by atoms with Gasteiger partial charge in [-0.15, -0.1) is 0 Å². The zero-order valence-electron chi connectivity index (χ0n) is 15.1. The Morgan fingerprint density at radius 1 is 1.15 bits per heavy atom. The topological polar surface area (TPSA) is 49.8 Å². The molecule has 27 heavy (non-hydrogen) atoms. The summed E-state index contributed by atoms with van der Waals surface area (Å²) in [4.78, 5) is 14.6. The lowest BCUT2D eigenvalue weighted by Crippen LogP contribution is -2.52. The van der Waals surface area contributed by atoms with E-state index in [1.807, 2.05) is 43.3 Å². The normalized spacial score (nSPS) is 21.3. The van der Waals surface area contributed by atoms with Gasteiger partial charge in [0.05, 0.1) is 18.7 Å². The number of amides is 1. The van der Waals surface area contributed by atoms with Crippen molar-refractivity contribution in [1.82, 2.24) is 4.90 Å². The lowest BCUT2D eigenvalue weighted by molar-refractivity contribution is -0.165. The first-order chi connectivity index (χ1) is 13.0. The van der Waals surface area contributed by atoms with Gasteiger partial charge < -0.3 is 14.7 Å². The van der Waals surface area contributed by atoms with Crippen LogP contribution in [0.2, 0.25) is 10.0 Å². The number of ether oxygens (including phenoxy) is 1. The second kappa shape index (κ2) is 9.07. The molecule has 1 N–H and O–H groups in total. The number of hydrogen-bond donors (Lipinski definition) is 1. The van der Waals surface area contributed by atoms with E-state index >= 15 is 0 Å². The molecular formula is C21H23Cl2NO3. The number of halogens is 2. The molecule has 6 heteroatoms. The number of benzene rings is 2. The van der Waals surface area contributed by atoms with Crippen molar-refractivity contribution in [3.05, 3.63) is 69.7 Å². The van der Waals surface area contributed by atoms with Crippen LogP contribution in [0.1, 0.15) is 43.0 Å². The summed E-state index contributed by atoms with van der Waals surface area (Å²) in [6, 6.07) is 14.3. The molecule has 2 aromatic rings. The number of aliphatic hydroxyl groups is 1. The summed E-state index contributed by atoms with van der Waals surface area (Å²) in [6.45, 7) is 1.92. The predicted octanol–water partition coefficient (Wildman–Crippen LogP) is 4.80. The number of aliphatic hydroxyl groups excluding tert-OH is 1. The summed E-state index contributed by atoms with van der Waals surface area (Å²) in [5.41, 5.74) is 1.81. The van der Waals surface area contributed by atoms with E-state index in [-0.39, 0.29) is 37.3 Å². The Kier molecular flexibility index (Phi) is 6.77. The zero-order chi connectivity index (χ0) is 19.4. The average molecular weight is 408 g/mol. The van der Waals surface area contributed by atoms with Gasteiger partial charge in [0.2, 0.25) is 5.91 Å². The van der Waals surface area contributed by atoms with Gasteiger partial charge in [-0.25, -0.2) is 0 Å². The Labute approximate surface area is 169 Å². The molecule has 1 fully saturated rings. The van der Waals surface area contributed by atoms with E-state index in [2.05, 4.69) is 0 Å². The summed E-state index contributed by atoms with van der Waals surface area (Å²) < 4.78 is 5.97. The molecule has 0 aliphatic carbocycles. The molecule has 0 bridgehead atoms. The minimum absolute atomic E-state index is 0.0263. The van der Waals surface area contributed by atoms with Crippen molar-refractivity contribution in [2.75, 3.05) is 13.2 Å². The molecule has 1 saturated heterocycles. The average Bonchev–Trinajstić information content (AvgIpc) is 2.67. The first-order valence-electron chi connectivity index (χ1n) is 9.09. The largest absolute Gasteiger partial charge is 0.394 e. The Balaban J connectivity index is 2.08. The minimum Gasteiger partial charge on any atom is -0.394 e. The van der Waals surface area contributed by atoms with E-state index in [0.717, 1.165) is 17.5 Å². The van der Waals surface area contributed by atoms with Gasteiger partial charge in [0.15, 0.2) is 0 Å². The van der Waals surface area contributed by atoms with Crippen molar-refractivity contribution >= 4 is 29.1 Å². The lowest BCUT2D eigenvalue weighted by atomic mass is 9.91. The molecule has 0 radical (unpaired) electrons. The third-order valence-corrected chi connectivity index (χ3v) is 5.36. The van der Waals surface area contributed by atoms with E-state index < -0.39 is 0 Å². The SMILES string of the molecule is CCCC(CO)N1C(=O)COC(c2cccc(Cl)c2)C1c1ccc(Cl)cc1. The van der Waals surface area contributed by atoms with Gasteiger partial charge >= 0.3 is 0 Å². The molecule has 0 saturated carbocycles. The van der Waals surface area contributed by atoms with Crippen molar-refractivity contribution in [2.45, 2.75) is 38.0 Å². The number of rotatable bonds is 6. The number of morpholine rings is 1. The minimum atomic E-state index is -0.381. The number of hydrogen-bond acceptors (Lipinski definition) is 3. The van der Waals surface area contributed by atoms with Crippen LogP contribution in [-0.2, 0) is 9.53 Å². The van der Waals surface area contributed by atoms with Crippen molar-refractivity contribution in [1.29, 1.82) is 0 Å². The van der Waals surface area contributed by atoms with Crippen LogP contribution in [0.15, 0.2) is 48.5 Å². The second-order valence-corrected chi connectivity index (χ2v) is 7.58. The highest BCUT2D eigenvalue weighted by Gasteiger charge is 2.41. The van der Waals surface area contributed by atoms with Gasteiger partial charge in [0.25, 0.3) is 0 Å². The van der Waals surface area contributed by atoms with E-state index in [0.29, 0.717) is 16.5 Å². The summed E-state index contributed by atoms with van der Waals surface area (Å²) >= 11 is 12.2. The van der Waals surface area contributed by atoms with Crippen LogP contribution in [0.25, 0.3) is 0 Å². The lowest BCUT2D eigenvalue weighted by Gasteiger charge is -2.45. The third kappa shape index (κ3) is 4.46. The van der Waals surface area contributed by atoms with E-state index in [1.54, 1.807) is 17.0 Å². The van der Waals surface area contributed by atoms with Gasteiger partial charge in [-0.1, -0.05) is 60.8 Å². The van der Waals surface area contributed by atoms with E-state index in [1.165, 1.54) is 0 Å². The van der Waals surface area contributed by atoms with Gasteiger partial charge in [-0.2, -0.15) is 0 Å². The molecule has 1 aliphatic rings. The first kappa shape index (κ1) is 20.2. The van der Waals surface area contributed by atoms with Gasteiger partial charge in [-0.05, 0) is 41.8 Å². The first-order valence-corrected chi connectivity index (χ1v) is 9.85. The third-order valence-electron chi connectivity index (χ3n) is 4.88. The maximum Gasteiger partial charge on any atom is 0.249 e. The van der Waals surface area contributed by atoms with Crippen LogP contribution in [-0.4, -0.2) is 35.2 Å². The molecule has 4 nitrogen and oxygen atoms in total. The Morgan fingerprint density at radius 3 is 2.52 bits per heavy atom. The fourth-order valence-corrected chi connectivity index (χ4v) is 3.99. The second-order valence-electron chi connectivity index (χ2n) is 6.71. The molecule has 3 atom stereocenters. The van der Waals surface area contributed by atoms with E-state index in [9.17, 15) is 9.90 Å². The molecule has 1 amide bonds. The van der Waals surface area contributed by atoms with Crippen LogP contribution in [0.3, 0.4) is 0 Å². The molecule has 144 valence electrons. The van der Waals surface area contributed by atoms with Crippen molar-refractivity contribution < 1.29 is 14.6 Å². The zero-order valence-corrected chi connectivity index (χ0v) is 16.7. The fraction of sp³-hybridized carbons (Fsp3) is 0.381. The van der Waals surface area contributed by atoms with Crippen LogP contribution in [0, 0.1) is 0 Å². The Bertz CT molecular complexity index is 781. The van der Waals surface area contributed by atoms with Crippen molar-refractivity contribution in [2.24, 2.45) is 0 Å². The Morgan fingerprint density at radius 2 is 1.89 bits per heavy atom. The molecule has 0 spiro atoms. The maximum absolute atomic E-state index is 12.8. The van der Waals surface area contributed by atoms with Crippen molar-refractivity contribution in [3.63, 3.8) is 0 Å². The molecular weight excluding hydrogens is 385 g/mol. The number of nitrogens with zero attached hydrogens (tertiary/aromatic N) is 1. The monoisotopic (exact) mass is 407 g/mol. The number of carbonyl (C=O) groups excluding carboxylic acids is 1. The Hall–Kier alpha value is -1.59. The highest BCUT2D eigenvalue weighted by atomic mass is 35.5. The predicted molar refractivity (Wildman–Crippen MR) is 107 cm³/mol. The van der Waals surface area contributed by atoms with Gasteiger partial charge in [0, 0.05) is 10.0 Å². The summed E-state index contributed by atoms with van der Waals surface area (Å²) in [5, 5.41) is 11.2. The van der Waals surface area contributed by atoms with Crippen LogP contribution in [0.5, 0.6) is 0 Å². The highest BCUT2D eigenvalue weighted by molar-refractivity contribution is 6.30. The summed E-state index contributed by atoms with van der Waals surface area (Å²) in [6.07, 6.45) is 1.20. The van der Waals surface area contributed by atoms with Crippen LogP contribution in [0.4, 0.5) is 0 Å². The maximum atomic E-state index is 12.8. The van der Waals surface area contributed by atoms with Gasteiger partial charge in [-0.3, -0.25) is 4.79 Å². The van der Waals surface area contributed by atoms with Crippen molar-refractivity contribution in [3.8, 4) is 0 Å². The number of carbonyl (C=O) groups is 1.